The Kier molecular flexibility index (Phi) is 7.25. The van der Waals surface area contributed by atoms with Gasteiger partial charge in [-0.1, -0.05) is 36.3 Å². The van der Waals surface area contributed by atoms with Crippen LogP contribution in [0.2, 0.25) is 0 Å². The number of hydrogen-bond acceptors (Lipinski definition) is 7. The Morgan fingerprint density at radius 1 is 1.24 bits per heavy atom. The van der Waals surface area contributed by atoms with E-state index in [4.69, 9.17) is 5.11 Å². The van der Waals surface area contributed by atoms with Crippen molar-refractivity contribution in [3.05, 3.63) is 36.9 Å². The fourth-order valence-electron chi connectivity index (χ4n) is 6.80. The van der Waals surface area contributed by atoms with Gasteiger partial charge < -0.3 is 20.0 Å². The van der Waals surface area contributed by atoms with Crippen molar-refractivity contribution in [1.82, 2.24) is 24.8 Å². The molecule has 11 heteroatoms. The van der Waals surface area contributed by atoms with E-state index in [1.54, 1.807) is 32.3 Å². The minimum absolute atomic E-state index is 0.123. The predicted octanol–water partition coefficient (Wildman–Crippen LogP) is 2.52. The molecule has 5 rings (SSSR count). The van der Waals surface area contributed by atoms with Crippen molar-refractivity contribution in [2.24, 2.45) is 11.8 Å². The summed E-state index contributed by atoms with van der Waals surface area (Å²) in [6.07, 6.45) is 5.96. The van der Waals surface area contributed by atoms with Gasteiger partial charge in [-0.2, -0.15) is 0 Å². The van der Waals surface area contributed by atoms with Crippen molar-refractivity contribution in [3.63, 3.8) is 0 Å². The maximum absolute atomic E-state index is 14.4. The quantitative estimate of drug-likeness (QED) is 0.310. The number of aliphatic carboxylic acids is 1. The van der Waals surface area contributed by atoms with Crippen molar-refractivity contribution in [1.29, 1.82) is 0 Å². The highest BCUT2D eigenvalue weighted by atomic mass is 32.2. The normalized spacial score (nSPS) is 29.7. The number of hydrogen-bond donors (Lipinski definition) is 2. The molecule has 38 heavy (non-hydrogen) atoms. The first-order chi connectivity index (χ1) is 18.3. The number of nitrogens with zero attached hydrogens (tertiary/aromatic N) is 5. The third-order valence-corrected chi connectivity index (χ3v) is 10.5. The topological polar surface area (TPSA) is 129 Å². The van der Waals surface area contributed by atoms with Crippen LogP contribution in [-0.2, 0) is 21.1 Å². The number of fused-ring (bicyclic) bond motifs is 2. The summed E-state index contributed by atoms with van der Waals surface area (Å²) in [5, 5.41) is 27.7. The molecule has 2 aromatic rings. The third kappa shape index (κ3) is 4.20. The molecule has 10 nitrogen and oxygen atoms in total. The smallest absolute Gasteiger partial charge is 0.308 e. The van der Waals surface area contributed by atoms with Gasteiger partial charge in [0, 0.05) is 24.4 Å². The zero-order valence-electron chi connectivity index (χ0n) is 21.7. The van der Waals surface area contributed by atoms with Gasteiger partial charge >= 0.3 is 5.97 Å². The summed E-state index contributed by atoms with van der Waals surface area (Å²) in [5.41, 5.74) is 1.52. The van der Waals surface area contributed by atoms with Crippen LogP contribution in [0.4, 0.5) is 0 Å². The van der Waals surface area contributed by atoms with Gasteiger partial charge in [-0.05, 0) is 44.7 Å². The summed E-state index contributed by atoms with van der Waals surface area (Å²) in [7, 11) is 0. The van der Waals surface area contributed by atoms with E-state index in [9.17, 15) is 19.5 Å². The van der Waals surface area contributed by atoms with Crippen molar-refractivity contribution < 1.29 is 24.6 Å². The maximum atomic E-state index is 14.4. The molecule has 0 aliphatic carbocycles. The average Bonchev–Trinajstić information content (AvgIpc) is 3.59. The number of carbonyl (C=O) groups is 3. The van der Waals surface area contributed by atoms with Gasteiger partial charge in [0.05, 0.1) is 22.1 Å². The van der Waals surface area contributed by atoms with E-state index in [-0.39, 0.29) is 31.6 Å². The lowest BCUT2D eigenvalue weighted by Gasteiger charge is -2.37. The highest BCUT2D eigenvalue weighted by Gasteiger charge is 2.77. The molecule has 3 aliphatic rings. The van der Waals surface area contributed by atoms with Crippen LogP contribution in [0.25, 0.3) is 11.0 Å². The Morgan fingerprint density at radius 3 is 2.74 bits per heavy atom. The van der Waals surface area contributed by atoms with Crippen LogP contribution >= 0.6 is 11.8 Å². The third-order valence-electron chi connectivity index (χ3n) is 8.47. The van der Waals surface area contributed by atoms with Crippen molar-refractivity contribution in [2.75, 3.05) is 19.7 Å². The number of carboxylic acids is 1. The lowest BCUT2D eigenvalue weighted by molar-refractivity contribution is -0.150. The van der Waals surface area contributed by atoms with E-state index in [2.05, 4.69) is 16.9 Å². The number of aliphatic hydroxyl groups is 1. The molecule has 1 aromatic carbocycles. The number of amides is 2. The van der Waals surface area contributed by atoms with Crippen LogP contribution < -0.4 is 0 Å². The number of aromatic nitrogens is 3. The SMILES string of the molecule is C=CCN(Cn1nnc2ccccc21)C(=O)C1N(CCCCCCO)C(=O)[C@@H]2[C@H](C(=O)O)[C@]3(C)CCC12S3. The number of rotatable bonds is 12. The first-order valence-electron chi connectivity index (χ1n) is 13.3. The predicted molar refractivity (Wildman–Crippen MR) is 143 cm³/mol. The van der Waals surface area contributed by atoms with Crippen LogP contribution in [0.1, 0.15) is 45.4 Å². The molecule has 3 aliphatic heterocycles. The molecule has 3 fully saturated rings. The maximum Gasteiger partial charge on any atom is 0.308 e. The zero-order chi connectivity index (χ0) is 27.1. The summed E-state index contributed by atoms with van der Waals surface area (Å²) >= 11 is 1.54. The van der Waals surface area contributed by atoms with E-state index in [0.717, 1.165) is 23.9 Å². The Labute approximate surface area is 226 Å². The Bertz CT molecular complexity index is 1250. The highest BCUT2D eigenvalue weighted by molar-refractivity contribution is 8.02. The van der Waals surface area contributed by atoms with Crippen molar-refractivity contribution in [3.8, 4) is 0 Å². The van der Waals surface area contributed by atoms with E-state index in [1.807, 2.05) is 31.2 Å². The molecule has 0 radical (unpaired) electrons. The van der Waals surface area contributed by atoms with Gasteiger partial charge in [0.2, 0.25) is 11.8 Å². The number of carbonyl (C=O) groups excluding carboxylic acids is 2. The molecular formula is C27H35N5O5S. The molecular weight excluding hydrogens is 506 g/mol. The second-order valence-electron chi connectivity index (χ2n) is 10.8. The molecule has 5 atom stereocenters. The first-order valence-corrected chi connectivity index (χ1v) is 14.1. The average molecular weight is 542 g/mol. The zero-order valence-corrected chi connectivity index (χ0v) is 22.5. The number of aliphatic hydroxyl groups excluding tert-OH is 1. The lowest BCUT2D eigenvalue weighted by Crippen LogP contribution is -2.55. The van der Waals surface area contributed by atoms with Crippen LogP contribution in [0.5, 0.6) is 0 Å². The van der Waals surface area contributed by atoms with E-state index >= 15 is 0 Å². The van der Waals surface area contributed by atoms with E-state index in [1.165, 1.54) is 0 Å². The Hall–Kier alpha value is -2.92. The first kappa shape index (κ1) is 26.7. The fraction of sp³-hybridized carbons (Fsp3) is 0.593. The number of carboxylic acid groups (broad SMARTS) is 1. The summed E-state index contributed by atoms with van der Waals surface area (Å²) < 4.78 is 0.312. The van der Waals surface area contributed by atoms with Crippen LogP contribution in [-0.4, -0.2) is 88.0 Å². The molecule has 2 N–H and O–H groups in total. The molecule has 3 saturated heterocycles. The van der Waals surface area contributed by atoms with Gasteiger partial charge in [-0.15, -0.1) is 23.4 Å². The standard InChI is InChI=1S/C27H35N5O5S/c1-3-14-30(17-32-19-11-7-6-10-18(19)28-29-32)24(35)22-27-13-12-26(2,38-27)21(25(36)37)20(27)23(34)31(22)15-8-4-5-9-16-33/h3,6-7,10-11,20-22,33H,1,4-5,8-9,12-17H2,2H3,(H,36,37)/t20-,21+,22?,26-,27?/m0/s1. The lowest BCUT2D eigenvalue weighted by atomic mass is 9.66. The largest absolute Gasteiger partial charge is 0.481 e. The second-order valence-corrected chi connectivity index (χ2v) is 12.7. The number of para-hydroxylation sites is 1. The number of benzene rings is 1. The van der Waals surface area contributed by atoms with Crippen molar-refractivity contribution in [2.45, 2.75) is 67.7 Å². The summed E-state index contributed by atoms with van der Waals surface area (Å²) in [5.74, 6) is -2.95. The number of likely N-dealkylation sites (tertiary alicyclic amines) is 1. The van der Waals surface area contributed by atoms with Crippen molar-refractivity contribution >= 4 is 40.6 Å². The van der Waals surface area contributed by atoms with E-state index in [0.29, 0.717) is 32.2 Å². The molecule has 0 saturated carbocycles. The van der Waals surface area contributed by atoms with Gasteiger partial charge in [-0.3, -0.25) is 14.4 Å². The van der Waals surface area contributed by atoms with E-state index < -0.39 is 33.3 Å². The minimum Gasteiger partial charge on any atom is -0.481 e. The molecule has 1 aromatic heterocycles. The molecule has 204 valence electrons. The van der Waals surface area contributed by atoms with Crippen LogP contribution in [0, 0.1) is 11.8 Å². The second kappa shape index (κ2) is 10.3. The molecule has 4 heterocycles. The monoisotopic (exact) mass is 541 g/mol. The van der Waals surface area contributed by atoms with Crippen LogP contribution in [0.15, 0.2) is 36.9 Å². The van der Waals surface area contributed by atoms with Gasteiger partial charge in [0.15, 0.2) is 0 Å². The van der Waals surface area contributed by atoms with Crippen LogP contribution in [0.3, 0.4) is 0 Å². The summed E-state index contributed by atoms with van der Waals surface area (Å²) in [4.78, 5) is 44.1. The Balaban J connectivity index is 1.49. The molecule has 2 bridgehead atoms. The summed E-state index contributed by atoms with van der Waals surface area (Å²) in [6, 6.07) is 6.76. The van der Waals surface area contributed by atoms with Gasteiger partial charge in [0.1, 0.15) is 18.2 Å². The van der Waals surface area contributed by atoms with Gasteiger partial charge in [-0.25, -0.2) is 4.68 Å². The number of thioether (sulfide) groups is 1. The number of unbranched alkanes of at least 4 members (excludes halogenated alkanes) is 3. The summed E-state index contributed by atoms with van der Waals surface area (Å²) in [6.45, 7) is 6.69. The fourth-order valence-corrected chi connectivity index (χ4v) is 9.14. The molecule has 1 spiro atoms. The van der Waals surface area contributed by atoms with Gasteiger partial charge in [0.25, 0.3) is 0 Å². The minimum atomic E-state index is -0.965. The molecule has 2 amide bonds. The highest BCUT2D eigenvalue weighted by Crippen LogP contribution is 2.71. The molecule has 2 unspecified atom stereocenters. The Morgan fingerprint density at radius 2 is 2.00 bits per heavy atom.